The third-order valence-electron chi connectivity index (χ3n) is 1.61. The first-order valence-electron chi connectivity index (χ1n) is 3.27. The summed E-state index contributed by atoms with van der Waals surface area (Å²) < 4.78 is 0. The number of hydrogen-bond acceptors (Lipinski definition) is 2. The SMILES string of the molecule is O=c1[nH][nH]c2cc(O)cc(Cl)c12. The second-order valence-electron chi connectivity index (χ2n) is 2.43. The molecule has 0 aliphatic heterocycles. The third-order valence-corrected chi connectivity index (χ3v) is 1.91. The number of rotatable bonds is 0. The Morgan fingerprint density at radius 2 is 2.08 bits per heavy atom. The number of fused-ring (bicyclic) bond motifs is 1. The molecule has 0 fully saturated rings. The molecule has 0 saturated carbocycles. The number of nitrogens with one attached hydrogen (secondary N) is 2. The Labute approximate surface area is 71.8 Å². The van der Waals surface area contributed by atoms with Crippen molar-refractivity contribution in [3.63, 3.8) is 0 Å². The third kappa shape index (κ3) is 0.887. The topological polar surface area (TPSA) is 68.9 Å². The largest absolute Gasteiger partial charge is 0.508 e. The molecular weight excluding hydrogens is 180 g/mol. The second-order valence-corrected chi connectivity index (χ2v) is 2.84. The summed E-state index contributed by atoms with van der Waals surface area (Å²) in [4.78, 5) is 11.1. The lowest BCUT2D eigenvalue weighted by atomic mass is 10.2. The molecule has 1 heterocycles. The molecule has 1 aromatic heterocycles. The molecule has 3 N–H and O–H groups in total. The summed E-state index contributed by atoms with van der Waals surface area (Å²) in [6.07, 6.45) is 0. The molecule has 5 heteroatoms. The fourth-order valence-corrected chi connectivity index (χ4v) is 1.41. The Hall–Kier alpha value is -1.42. The standard InChI is InChI=1S/C7H5ClN2O2/c8-4-1-3(11)2-5-6(4)7(12)10-9-5/h1-2,11H,(H2,9,10,12). The van der Waals surface area contributed by atoms with Crippen LogP contribution >= 0.6 is 11.6 Å². The van der Waals surface area contributed by atoms with Crippen molar-refractivity contribution < 1.29 is 5.11 Å². The number of aromatic hydroxyl groups is 1. The first kappa shape index (κ1) is 7.24. The van der Waals surface area contributed by atoms with Gasteiger partial charge in [0.2, 0.25) is 0 Å². The molecule has 0 radical (unpaired) electrons. The van der Waals surface area contributed by atoms with Crippen molar-refractivity contribution >= 4 is 22.5 Å². The predicted molar refractivity (Wildman–Crippen MR) is 45.6 cm³/mol. The number of H-pyrrole nitrogens is 2. The van der Waals surface area contributed by atoms with Crippen LogP contribution in [0.4, 0.5) is 0 Å². The maximum atomic E-state index is 11.1. The van der Waals surface area contributed by atoms with E-state index < -0.39 is 0 Å². The first-order valence-corrected chi connectivity index (χ1v) is 3.65. The highest BCUT2D eigenvalue weighted by atomic mass is 35.5. The van der Waals surface area contributed by atoms with Crippen molar-refractivity contribution in [2.45, 2.75) is 0 Å². The summed E-state index contributed by atoms with van der Waals surface area (Å²) in [5, 5.41) is 14.7. The van der Waals surface area contributed by atoms with Crippen LogP contribution in [-0.2, 0) is 0 Å². The lowest BCUT2D eigenvalue weighted by Gasteiger charge is -1.93. The number of hydrogen-bond donors (Lipinski definition) is 3. The fourth-order valence-electron chi connectivity index (χ4n) is 1.11. The van der Waals surface area contributed by atoms with E-state index in [0.29, 0.717) is 10.9 Å². The Morgan fingerprint density at radius 3 is 2.83 bits per heavy atom. The van der Waals surface area contributed by atoms with Crippen LogP contribution in [0.3, 0.4) is 0 Å². The smallest absolute Gasteiger partial charge is 0.273 e. The van der Waals surface area contributed by atoms with Crippen molar-refractivity contribution in [3.05, 3.63) is 27.5 Å². The highest BCUT2D eigenvalue weighted by molar-refractivity contribution is 6.35. The van der Waals surface area contributed by atoms with E-state index >= 15 is 0 Å². The Balaban J connectivity index is 3.03. The van der Waals surface area contributed by atoms with Crippen molar-refractivity contribution in [3.8, 4) is 5.75 Å². The van der Waals surface area contributed by atoms with E-state index in [2.05, 4.69) is 10.2 Å². The number of aromatic amines is 2. The zero-order chi connectivity index (χ0) is 8.72. The molecule has 0 unspecified atom stereocenters. The highest BCUT2D eigenvalue weighted by Gasteiger charge is 2.06. The van der Waals surface area contributed by atoms with Gasteiger partial charge < -0.3 is 5.11 Å². The monoisotopic (exact) mass is 184 g/mol. The molecule has 4 nitrogen and oxygen atoms in total. The zero-order valence-corrected chi connectivity index (χ0v) is 6.64. The second kappa shape index (κ2) is 2.28. The molecule has 2 aromatic rings. The van der Waals surface area contributed by atoms with E-state index in [1.165, 1.54) is 12.1 Å². The van der Waals surface area contributed by atoms with Gasteiger partial charge in [-0.15, -0.1) is 0 Å². The number of phenolic OH excluding ortho intramolecular Hbond substituents is 1. The van der Waals surface area contributed by atoms with Crippen LogP contribution in [0.1, 0.15) is 0 Å². The van der Waals surface area contributed by atoms with Gasteiger partial charge in [-0.2, -0.15) is 0 Å². The minimum absolute atomic E-state index is 0.0303. The molecule has 1 aromatic carbocycles. The lowest BCUT2D eigenvalue weighted by Crippen LogP contribution is -1.97. The molecule has 2 rings (SSSR count). The van der Waals surface area contributed by atoms with Crippen molar-refractivity contribution in [1.82, 2.24) is 10.2 Å². The van der Waals surface area contributed by atoms with Crippen molar-refractivity contribution in [2.24, 2.45) is 0 Å². The Bertz CT molecular complexity index is 486. The van der Waals surface area contributed by atoms with Gasteiger partial charge >= 0.3 is 0 Å². The van der Waals surface area contributed by atoms with Gasteiger partial charge in [0.05, 0.1) is 15.9 Å². The zero-order valence-electron chi connectivity index (χ0n) is 5.89. The molecule has 0 atom stereocenters. The van der Waals surface area contributed by atoms with E-state index in [1.807, 2.05) is 0 Å². The molecule has 0 aliphatic carbocycles. The molecule has 0 bridgehead atoms. The normalized spacial score (nSPS) is 10.8. The summed E-state index contributed by atoms with van der Waals surface area (Å²) >= 11 is 5.71. The van der Waals surface area contributed by atoms with Gasteiger partial charge in [0.1, 0.15) is 5.75 Å². The van der Waals surface area contributed by atoms with E-state index in [4.69, 9.17) is 16.7 Å². The van der Waals surface area contributed by atoms with Gasteiger partial charge in [-0.1, -0.05) is 11.6 Å². The van der Waals surface area contributed by atoms with Gasteiger partial charge in [-0.25, -0.2) is 0 Å². The maximum Gasteiger partial charge on any atom is 0.273 e. The Morgan fingerprint density at radius 1 is 1.33 bits per heavy atom. The molecule has 0 amide bonds. The number of benzene rings is 1. The average molecular weight is 185 g/mol. The average Bonchev–Trinajstić information content (AvgIpc) is 2.31. The van der Waals surface area contributed by atoms with Gasteiger partial charge in [-0.3, -0.25) is 15.0 Å². The summed E-state index contributed by atoms with van der Waals surface area (Å²) in [7, 11) is 0. The quantitative estimate of drug-likeness (QED) is 0.576. The van der Waals surface area contributed by atoms with E-state index in [9.17, 15) is 4.79 Å². The van der Waals surface area contributed by atoms with Gasteiger partial charge in [0.15, 0.2) is 0 Å². The van der Waals surface area contributed by atoms with Crippen molar-refractivity contribution in [1.29, 1.82) is 0 Å². The maximum absolute atomic E-state index is 11.1. The van der Waals surface area contributed by atoms with Gasteiger partial charge in [-0.05, 0) is 6.07 Å². The summed E-state index contributed by atoms with van der Waals surface area (Å²) in [6, 6.07) is 2.76. The minimum Gasteiger partial charge on any atom is -0.508 e. The van der Waals surface area contributed by atoms with Crippen LogP contribution in [-0.4, -0.2) is 15.3 Å². The minimum atomic E-state index is -0.282. The van der Waals surface area contributed by atoms with Crippen LogP contribution in [0.5, 0.6) is 5.75 Å². The van der Waals surface area contributed by atoms with Gasteiger partial charge in [0.25, 0.3) is 5.56 Å². The predicted octanol–water partition coefficient (Wildman–Crippen LogP) is 1.22. The van der Waals surface area contributed by atoms with Crippen LogP contribution in [0.2, 0.25) is 5.02 Å². The van der Waals surface area contributed by atoms with Gasteiger partial charge in [0, 0.05) is 6.07 Å². The number of phenols is 1. The molecule has 12 heavy (non-hydrogen) atoms. The highest BCUT2D eigenvalue weighted by Crippen LogP contribution is 2.24. The summed E-state index contributed by atoms with van der Waals surface area (Å²) in [5.41, 5.74) is 0.222. The molecule has 0 aliphatic rings. The van der Waals surface area contributed by atoms with Crippen LogP contribution in [0.25, 0.3) is 10.9 Å². The van der Waals surface area contributed by atoms with Crippen LogP contribution < -0.4 is 5.56 Å². The molecule has 0 spiro atoms. The molecule has 62 valence electrons. The van der Waals surface area contributed by atoms with Crippen LogP contribution in [0, 0.1) is 0 Å². The van der Waals surface area contributed by atoms with E-state index in [1.54, 1.807) is 0 Å². The summed E-state index contributed by atoms with van der Waals surface area (Å²) in [5.74, 6) is 0.0303. The fraction of sp³-hybridized carbons (Fsp3) is 0. The van der Waals surface area contributed by atoms with E-state index in [0.717, 1.165) is 0 Å². The van der Waals surface area contributed by atoms with Crippen molar-refractivity contribution in [2.75, 3.05) is 0 Å². The Kier molecular flexibility index (Phi) is 1.38. The number of halogens is 1. The lowest BCUT2D eigenvalue weighted by molar-refractivity contribution is 0.476. The molecular formula is C7H5ClN2O2. The molecule has 0 saturated heterocycles. The first-order chi connectivity index (χ1) is 5.68. The van der Waals surface area contributed by atoms with Crippen LogP contribution in [0.15, 0.2) is 16.9 Å². The van der Waals surface area contributed by atoms with E-state index in [-0.39, 0.29) is 16.3 Å². The summed E-state index contributed by atoms with van der Waals surface area (Å²) in [6.45, 7) is 0. The number of aromatic nitrogens is 2.